The fourth-order valence-corrected chi connectivity index (χ4v) is 3.75. The summed E-state index contributed by atoms with van der Waals surface area (Å²) < 4.78 is 0. The van der Waals surface area contributed by atoms with Crippen molar-refractivity contribution in [3.05, 3.63) is 23.3 Å². The van der Waals surface area contributed by atoms with Crippen molar-refractivity contribution in [3.8, 4) is 0 Å². The molecule has 4 rings (SSSR count). The smallest absolute Gasteiger partial charge is 0.317 e. The number of nitrogens with zero attached hydrogens (tertiary/aromatic N) is 3. The molecule has 3 saturated carbocycles. The van der Waals surface area contributed by atoms with Crippen LogP contribution in [0.15, 0.2) is 6.20 Å². The molecular weight excluding hydrogens is 332 g/mol. The number of nitrogens with one attached hydrogen (secondary N) is 1. The highest BCUT2D eigenvalue weighted by atomic mass is 16.4. The topological polar surface area (TPSA) is 95.4 Å². The summed E-state index contributed by atoms with van der Waals surface area (Å²) >= 11 is 0. The molecule has 0 aromatic carbocycles. The molecule has 0 unspecified atom stereocenters. The second kappa shape index (κ2) is 6.95. The first-order valence-corrected chi connectivity index (χ1v) is 9.60. The summed E-state index contributed by atoms with van der Waals surface area (Å²) in [6, 6.07) is 0.366. The van der Waals surface area contributed by atoms with E-state index < -0.39 is 5.97 Å². The summed E-state index contributed by atoms with van der Waals surface area (Å²) in [5.41, 5.74) is 1.48. The molecule has 0 saturated heterocycles. The number of carbonyl (C=O) groups is 2. The molecule has 1 heterocycles. The summed E-state index contributed by atoms with van der Waals surface area (Å²) in [6.45, 7) is 2.82. The lowest BCUT2D eigenvalue weighted by molar-refractivity contribution is -0.139. The van der Waals surface area contributed by atoms with Crippen LogP contribution in [0.25, 0.3) is 0 Å². The van der Waals surface area contributed by atoms with Crippen LogP contribution < -0.4 is 5.32 Å². The highest BCUT2D eigenvalue weighted by molar-refractivity contribution is 5.95. The number of amides is 1. The minimum Gasteiger partial charge on any atom is -0.480 e. The fourth-order valence-electron chi connectivity index (χ4n) is 3.75. The standard InChI is InChI=1S/C19H26N4O3/c1-11-20-8-16(18(21-11)13-4-5-13)19(26)22-14-6-15(7-14)23(10-17(24)25)9-12-2-3-12/h8,12-15H,2-7,9-10H2,1H3,(H,22,26)(H,24,25). The van der Waals surface area contributed by atoms with Gasteiger partial charge >= 0.3 is 5.97 Å². The second-order valence-electron chi connectivity index (χ2n) is 8.05. The first-order valence-electron chi connectivity index (χ1n) is 9.60. The van der Waals surface area contributed by atoms with E-state index in [1.54, 1.807) is 6.20 Å². The number of aromatic nitrogens is 2. The number of carboxylic acids is 1. The Morgan fingerprint density at radius 2 is 2.00 bits per heavy atom. The van der Waals surface area contributed by atoms with E-state index in [1.807, 2.05) is 6.92 Å². The average molecular weight is 358 g/mol. The van der Waals surface area contributed by atoms with Crippen molar-refractivity contribution in [2.45, 2.75) is 63.5 Å². The lowest BCUT2D eigenvalue weighted by Gasteiger charge is -2.42. The molecule has 1 aromatic heterocycles. The number of hydrogen-bond donors (Lipinski definition) is 2. The summed E-state index contributed by atoms with van der Waals surface area (Å²) in [7, 11) is 0. The Morgan fingerprint density at radius 3 is 2.62 bits per heavy atom. The van der Waals surface area contributed by atoms with E-state index in [-0.39, 0.29) is 24.5 Å². The van der Waals surface area contributed by atoms with Gasteiger partial charge in [-0.05, 0) is 51.4 Å². The highest BCUT2D eigenvalue weighted by Crippen LogP contribution is 2.40. The van der Waals surface area contributed by atoms with Crippen molar-refractivity contribution in [1.82, 2.24) is 20.2 Å². The number of carbonyl (C=O) groups excluding carboxylic acids is 1. The van der Waals surface area contributed by atoms with E-state index in [9.17, 15) is 9.59 Å². The minimum atomic E-state index is -0.774. The highest BCUT2D eigenvalue weighted by Gasteiger charge is 2.38. The summed E-state index contributed by atoms with van der Waals surface area (Å²) in [6.07, 6.45) is 7.88. The van der Waals surface area contributed by atoms with E-state index in [1.165, 1.54) is 12.8 Å². The first-order chi connectivity index (χ1) is 12.5. The van der Waals surface area contributed by atoms with Crippen LogP contribution in [0.1, 0.15) is 66.3 Å². The molecule has 26 heavy (non-hydrogen) atoms. The van der Waals surface area contributed by atoms with Crippen LogP contribution >= 0.6 is 0 Å². The number of hydrogen-bond acceptors (Lipinski definition) is 5. The van der Waals surface area contributed by atoms with Crippen LogP contribution in [0, 0.1) is 12.8 Å². The van der Waals surface area contributed by atoms with Gasteiger partial charge in [-0.15, -0.1) is 0 Å². The summed E-state index contributed by atoms with van der Waals surface area (Å²) in [5, 5.41) is 12.2. The van der Waals surface area contributed by atoms with Gasteiger partial charge in [0.25, 0.3) is 5.91 Å². The van der Waals surface area contributed by atoms with Gasteiger partial charge in [0.2, 0.25) is 0 Å². The molecule has 3 aliphatic rings. The number of rotatable bonds is 8. The zero-order chi connectivity index (χ0) is 18.3. The van der Waals surface area contributed by atoms with Gasteiger partial charge in [0.15, 0.2) is 0 Å². The Hall–Kier alpha value is -2.02. The maximum Gasteiger partial charge on any atom is 0.317 e. The van der Waals surface area contributed by atoms with Gasteiger partial charge in [-0.25, -0.2) is 9.97 Å². The molecule has 140 valence electrons. The fraction of sp³-hybridized carbons (Fsp3) is 0.684. The predicted octanol–water partition coefficient (Wildman–Crippen LogP) is 1.72. The Morgan fingerprint density at radius 1 is 1.27 bits per heavy atom. The molecular formula is C19H26N4O3. The molecule has 0 spiro atoms. The van der Waals surface area contributed by atoms with E-state index in [0.717, 1.165) is 37.9 Å². The summed E-state index contributed by atoms with van der Waals surface area (Å²) in [4.78, 5) is 34.5. The molecule has 0 atom stereocenters. The van der Waals surface area contributed by atoms with Crippen LogP contribution in [0.4, 0.5) is 0 Å². The zero-order valence-electron chi connectivity index (χ0n) is 15.1. The van der Waals surface area contributed by atoms with Crippen molar-refractivity contribution in [2.75, 3.05) is 13.1 Å². The minimum absolute atomic E-state index is 0.0951. The second-order valence-corrected chi connectivity index (χ2v) is 8.05. The van der Waals surface area contributed by atoms with Crippen molar-refractivity contribution >= 4 is 11.9 Å². The third-order valence-corrected chi connectivity index (χ3v) is 5.64. The first kappa shape index (κ1) is 17.4. The molecule has 2 N–H and O–H groups in total. The third-order valence-electron chi connectivity index (χ3n) is 5.64. The van der Waals surface area contributed by atoms with E-state index in [0.29, 0.717) is 23.2 Å². The lowest BCUT2D eigenvalue weighted by atomic mass is 9.85. The van der Waals surface area contributed by atoms with Gasteiger partial charge in [-0.2, -0.15) is 0 Å². The molecule has 0 bridgehead atoms. The van der Waals surface area contributed by atoms with Crippen molar-refractivity contribution in [2.24, 2.45) is 5.92 Å². The Bertz CT molecular complexity index is 709. The SMILES string of the molecule is Cc1ncc(C(=O)NC2CC(N(CC(=O)O)CC3CC3)C2)c(C2CC2)n1. The summed E-state index contributed by atoms with van der Waals surface area (Å²) in [5.74, 6) is 0.896. The van der Waals surface area contributed by atoms with Crippen molar-refractivity contribution in [1.29, 1.82) is 0 Å². The Kier molecular flexibility index (Phi) is 4.65. The number of aryl methyl sites for hydroxylation is 1. The molecule has 1 amide bonds. The zero-order valence-corrected chi connectivity index (χ0v) is 15.1. The van der Waals surface area contributed by atoms with Gasteiger partial charge < -0.3 is 10.4 Å². The van der Waals surface area contributed by atoms with Crippen LogP contribution in [0.5, 0.6) is 0 Å². The normalized spacial score (nSPS) is 25.0. The van der Waals surface area contributed by atoms with Gasteiger partial charge in [0.1, 0.15) is 5.82 Å². The Balaban J connectivity index is 1.33. The maximum atomic E-state index is 12.7. The Labute approximate surface area is 153 Å². The molecule has 3 aliphatic carbocycles. The van der Waals surface area contributed by atoms with Gasteiger partial charge in [0.05, 0.1) is 17.8 Å². The van der Waals surface area contributed by atoms with Crippen molar-refractivity contribution in [3.63, 3.8) is 0 Å². The quantitative estimate of drug-likeness (QED) is 0.735. The third kappa shape index (κ3) is 4.03. The molecule has 1 aromatic rings. The maximum absolute atomic E-state index is 12.7. The van der Waals surface area contributed by atoms with Crippen LogP contribution in [-0.4, -0.2) is 57.0 Å². The molecule has 7 heteroatoms. The predicted molar refractivity (Wildman–Crippen MR) is 95.0 cm³/mol. The van der Waals surface area contributed by atoms with E-state index in [2.05, 4.69) is 20.2 Å². The van der Waals surface area contributed by atoms with Crippen molar-refractivity contribution < 1.29 is 14.7 Å². The largest absolute Gasteiger partial charge is 0.480 e. The van der Waals surface area contributed by atoms with Crippen LogP contribution in [0.3, 0.4) is 0 Å². The molecule has 0 radical (unpaired) electrons. The van der Waals surface area contributed by atoms with Gasteiger partial charge in [0, 0.05) is 30.7 Å². The van der Waals surface area contributed by atoms with Gasteiger partial charge in [-0.1, -0.05) is 0 Å². The van der Waals surface area contributed by atoms with E-state index >= 15 is 0 Å². The monoisotopic (exact) mass is 358 g/mol. The van der Waals surface area contributed by atoms with Crippen LogP contribution in [-0.2, 0) is 4.79 Å². The molecule has 0 aliphatic heterocycles. The molecule has 7 nitrogen and oxygen atoms in total. The number of carboxylic acid groups (broad SMARTS) is 1. The average Bonchev–Trinajstić information content (AvgIpc) is 3.42. The lowest BCUT2D eigenvalue weighted by Crippen LogP contribution is -2.55. The van der Waals surface area contributed by atoms with Crippen LogP contribution in [0.2, 0.25) is 0 Å². The number of aliphatic carboxylic acids is 1. The van der Waals surface area contributed by atoms with Gasteiger partial charge in [-0.3, -0.25) is 14.5 Å². The molecule has 3 fully saturated rings. The van der Waals surface area contributed by atoms with E-state index in [4.69, 9.17) is 5.11 Å².